The third-order valence-electron chi connectivity index (χ3n) is 3.44. The number of carbonyl (C=O) groups excluding carboxylic acids is 2. The molecule has 0 aromatic carbocycles. The molecule has 11 heteroatoms. The van der Waals surface area contributed by atoms with Gasteiger partial charge >= 0.3 is 12.1 Å². The van der Waals surface area contributed by atoms with E-state index < -0.39 is 46.4 Å². The van der Waals surface area contributed by atoms with E-state index in [1.54, 1.807) is 6.92 Å². The van der Waals surface area contributed by atoms with E-state index >= 15 is 0 Å². The maximum atomic E-state index is 11.7. The van der Waals surface area contributed by atoms with Crippen LogP contribution >= 0.6 is 0 Å². The number of carbonyl (C=O) groups is 3. The number of hydrogen-bond acceptors (Lipinski definition) is 6. The highest BCUT2D eigenvalue weighted by Crippen LogP contribution is 2.31. The minimum Gasteiger partial charge on any atom is -0.480 e. The van der Waals surface area contributed by atoms with Gasteiger partial charge in [0.15, 0.2) is 17.1 Å². The van der Waals surface area contributed by atoms with E-state index in [2.05, 4.69) is 10.9 Å². The zero-order valence-corrected chi connectivity index (χ0v) is 13.2. The largest absolute Gasteiger partial charge is 0.480 e. The SMILES string of the molecule is CNNC(=O)OC[C@@](C)([C@H](C(=O)O)N1C(=O)C[C@H]1C)S(=O)O. The summed E-state index contributed by atoms with van der Waals surface area (Å²) in [6.07, 6.45) is -0.773. The fourth-order valence-corrected chi connectivity index (χ4v) is 2.80. The molecule has 1 fully saturated rings. The molecule has 0 radical (unpaired) electrons. The molecule has 4 N–H and O–H groups in total. The lowest BCUT2D eigenvalue weighted by Crippen LogP contribution is -2.68. The highest BCUT2D eigenvalue weighted by molar-refractivity contribution is 7.80. The third kappa shape index (κ3) is 3.54. The van der Waals surface area contributed by atoms with Gasteiger partial charge in [-0.1, -0.05) is 0 Å². The Labute approximate surface area is 129 Å². The highest BCUT2D eigenvalue weighted by atomic mass is 32.2. The number of β-lactam (4-membered cyclic amide) rings is 1. The van der Waals surface area contributed by atoms with Gasteiger partial charge in [-0.15, -0.1) is 0 Å². The molecule has 1 rings (SSSR count). The lowest BCUT2D eigenvalue weighted by atomic mass is 9.92. The zero-order chi connectivity index (χ0) is 17.1. The molecule has 22 heavy (non-hydrogen) atoms. The summed E-state index contributed by atoms with van der Waals surface area (Å²) in [5.74, 6) is -1.88. The van der Waals surface area contributed by atoms with Crippen LogP contribution in [0.5, 0.6) is 0 Å². The molecule has 0 spiro atoms. The Bertz CT molecular complexity index is 500. The second-order valence-corrected chi connectivity index (χ2v) is 6.54. The molecule has 2 amide bonds. The molecule has 126 valence electrons. The number of carboxylic acid groups (broad SMARTS) is 1. The van der Waals surface area contributed by atoms with Crippen LogP contribution in [-0.4, -0.2) is 67.2 Å². The first-order chi connectivity index (χ1) is 10.1. The molecular weight excluding hydrogens is 318 g/mol. The number of aliphatic carboxylic acids is 1. The average Bonchev–Trinajstić information content (AvgIpc) is 2.42. The van der Waals surface area contributed by atoms with Crippen LogP contribution in [0.4, 0.5) is 4.79 Å². The van der Waals surface area contributed by atoms with Gasteiger partial charge in [0, 0.05) is 19.5 Å². The van der Waals surface area contributed by atoms with Crippen molar-refractivity contribution in [2.75, 3.05) is 13.7 Å². The van der Waals surface area contributed by atoms with Crippen molar-refractivity contribution >= 4 is 29.1 Å². The second kappa shape index (κ2) is 7.03. The van der Waals surface area contributed by atoms with E-state index in [1.165, 1.54) is 14.0 Å². The molecule has 4 atom stereocenters. The first-order valence-corrected chi connectivity index (χ1v) is 7.50. The van der Waals surface area contributed by atoms with E-state index in [9.17, 15) is 28.3 Å². The number of nitrogens with one attached hydrogen (secondary N) is 2. The smallest absolute Gasteiger partial charge is 0.421 e. The predicted molar refractivity (Wildman–Crippen MR) is 75.1 cm³/mol. The van der Waals surface area contributed by atoms with Crippen molar-refractivity contribution in [3.8, 4) is 0 Å². The predicted octanol–water partition coefficient (Wildman–Crippen LogP) is -1.10. The summed E-state index contributed by atoms with van der Waals surface area (Å²) in [5.41, 5.74) is 4.38. The number of amides is 2. The maximum absolute atomic E-state index is 11.7. The molecule has 1 saturated heterocycles. The van der Waals surface area contributed by atoms with E-state index in [-0.39, 0.29) is 12.5 Å². The van der Waals surface area contributed by atoms with E-state index in [0.717, 1.165) is 4.90 Å². The topological polar surface area (TPSA) is 145 Å². The van der Waals surface area contributed by atoms with Crippen molar-refractivity contribution in [3.05, 3.63) is 0 Å². The van der Waals surface area contributed by atoms with Gasteiger partial charge in [-0.05, 0) is 13.8 Å². The monoisotopic (exact) mass is 337 g/mol. The van der Waals surface area contributed by atoms with Gasteiger partial charge < -0.3 is 19.3 Å². The summed E-state index contributed by atoms with van der Waals surface area (Å²) < 4.78 is 24.1. The van der Waals surface area contributed by atoms with Crippen LogP contribution in [0.2, 0.25) is 0 Å². The summed E-state index contributed by atoms with van der Waals surface area (Å²) in [6, 6.07) is -1.96. The van der Waals surface area contributed by atoms with Crippen LogP contribution in [0.1, 0.15) is 20.3 Å². The van der Waals surface area contributed by atoms with Gasteiger partial charge in [0.05, 0.1) is 0 Å². The van der Waals surface area contributed by atoms with Gasteiger partial charge in [0.1, 0.15) is 11.4 Å². The Morgan fingerprint density at radius 1 is 1.59 bits per heavy atom. The standard InChI is InChI=1S/C11H19N3O7S/c1-6-4-7(15)14(6)8(9(16)17)11(2,22(19)20)5-21-10(18)13-12-3/h6,8,12H,4-5H2,1-3H3,(H,13,18)(H,16,17)(H,19,20)/t6-,8+,11+/m1/s1. The van der Waals surface area contributed by atoms with Crippen LogP contribution < -0.4 is 10.9 Å². The Balaban J connectivity index is 3.02. The van der Waals surface area contributed by atoms with Crippen LogP contribution in [0.15, 0.2) is 0 Å². The fourth-order valence-electron chi connectivity index (χ4n) is 2.23. The van der Waals surface area contributed by atoms with Crippen LogP contribution in [0, 0.1) is 0 Å². The van der Waals surface area contributed by atoms with E-state index in [1.807, 2.05) is 0 Å². The lowest BCUT2D eigenvalue weighted by Gasteiger charge is -2.47. The molecule has 10 nitrogen and oxygen atoms in total. The molecule has 1 unspecified atom stereocenters. The molecule has 0 aromatic heterocycles. The number of hydrogen-bond donors (Lipinski definition) is 4. The Morgan fingerprint density at radius 2 is 2.18 bits per heavy atom. The van der Waals surface area contributed by atoms with Gasteiger partial charge in [-0.3, -0.25) is 10.2 Å². The van der Waals surface area contributed by atoms with Crippen molar-refractivity contribution in [1.82, 2.24) is 15.8 Å². The summed E-state index contributed by atoms with van der Waals surface area (Å²) in [4.78, 5) is 35.5. The number of ether oxygens (including phenoxy) is 1. The van der Waals surface area contributed by atoms with Crippen molar-refractivity contribution in [1.29, 1.82) is 0 Å². The first kappa shape index (κ1) is 18.3. The Kier molecular flexibility index (Phi) is 5.85. The highest BCUT2D eigenvalue weighted by Gasteiger charge is 2.54. The maximum Gasteiger partial charge on any atom is 0.421 e. The van der Waals surface area contributed by atoms with E-state index in [0.29, 0.717) is 0 Å². The van der Waals surface area contributed by atoms with Crippen LogP contribution in [0.3, 0.4) is 0 Å². The third-order valence-corrected chi connectivity index (χ3v) is 4.58. The number of carboxylic acids is 1. The quantitative estimate of drug-likeness (QED) is 0.260. The van der Waals surface area contributed by atoms with Crippen molar-refractivity contribution < 1.29 is 33.0 Å². The first-order valence-electron chi connectivity index (χ1n) is 6.39. The van der Waals surface area contributed by atoms with Crippen molar-refractivity contribution in [2.45, 2.75) is 37.1 Å². The lowest BCUT2D eigenvalue weighted by molar-refractivity contribution is -0.163. The summed E-state index contributed by atoms with van der Waals surface area (Å²) in [6.45, 7) is 2.15. The van der Waals surface area contributed by atoms with E-state index in [4.69, 9.17) is 4.74 Å². The number of rotatable bonds is 7. The van der Waals surface area contributed by atoms with Crippen LogP contribution in [-0.2, 0) is 25.4 Å². The molecule has 1 aliphatic heterocycles. The number of hydrazine groups is 1. The van der Waals surface area contributed by atoms with Gasteiger partial charge in [0.2, 0.25) is 5.91 Å². The van der Waals surface area contributed by atoms with Gasteiger partial charge in [-0.25, -0.2) is 19.2 Å². The minimum atomic E-state index is -2.66. The molecule has 0 bridgehead atoms. The number of nitrogens with zero attached hydrogens (tertiary/aromatic N) is 1. The molecular formula is C11H19N3O7S. The zero-order valence-electron chi connectivity index (χ0n) is 12.4. The second-order valence-electron chi connectivity index (χ2n) is 5.11. The summed E-state index contributed by atoms with van der Waals surface area (Å²) >= 11 is -2.66. The van der Waals surface area contributed by atoms with Crippen LogP contribution in [0.25, 0.3) is 0 Å². The molecule has 0 aromatic rings. The number of likely N-dealkylation sites (tertiary alicyclic amines) is 1. The normalized spacial score (nSPS) is 23.0. The summed E-state index contributed by atoms with van der Waals surface area (Å²) in [7, 11) is 1.41. The van der Waals surface area contributed by atoms with Gasteiger partial charge in [-0.2, -0.15) is 0 Å². The fraction of sp³-hybridized carbons (Fsp3) is 0.727. The van der Waals surface area contributed by atoms with Gasteiger partial charge in [0.25, 0.3) is 0 Å². The summed E-state index contributed by atoms with van der Waals surface area (Å²) in [5, 5.41) is 9.39. The molecule has 1 aliphatic rings. The minimum absolute atomic E-state index is 0.166. The van der Waals surface area contributed by atoms with Crippen molar-refractivity contribution in [3.63, 3.8) is 0 Å². The Hall–Kier alpha value is -1.72. The molecule has 0 saturated carbocycles. The Morgan fingerprint density at radius 3 is 2.55 bits per heavy atom. The average molecular weight is 337 g/mol. The molecule has 1 heterocycles. The van der Waals surface area contributed by atoms with Crippen molar-refractivity contribution in [2.24, 2.45) is 0 Å². The molecule has 0 aliphatic carbocycles.